The van der Waals surface area contributed by atoms with Gasteiger partial charge in [-0.15, -0.1) is 0 Å². The summed E-state index contributed by atoms with van der Waals surface area (Å²) in [6, 6.07) is 9.97. The second-order valence-electron chi connectivity index (χ2n) is 6.07. The first-order valence-corrected chi connectivity index (χ1v) is 8.36. The van der Waals surface area contributed by atoms with Crippen LogP contribution in [0.5, 0.6) is 0 Å². The van der Waals surface area contributed by atoms with Gasteiger partial charge in [0.2, 0.25) is 5.91 Å². The van der Waals surface area contributed by atoms with E-state index in [0.717, 1.165) is 31.0 Å². The van der Waals surface area contributed by atoms with Crippen LogP contribution < -0.4 is 10.6 Å². The van der Waals surface area contributed by atoms with Crippen molar-refractivity contribution < 1.29 is 4.79 Å². The lowest BCUT2D eigenvalue weighted by molar-refractivity contribution is -0.119. The van der Waals surface area contributed by atoms with Crippen LogP contribution in [-0.4, -0.2) is 19.0 Å². The molecular weight excluding hydrogens is 260 g/mol. The van der Waals surface area contributed by atoms with Gasteiger partial charge in [0.1, 0.15) is 0 Å². The van der Waals surface area contributed by atoms with E-state index in [0.29, 0.717) is 13.0 Å². The summed E-state index contributed by atoms with van der Waals surface area (Å²) < 4.78 is 0. The summed E-state index contributed by atoms with van der Waals surface area (Å²) in [7, 11) is 0. The summed E-state index contributed by atoms with van der Waals surface area (Å²) in [5.41, 5.74) is 6.61. The minimum absolute atomic E-state index is 0.250. The molecule has 116 valence electrons. The first kappa shape index (κ1) is 16.0. The largest absolute Gasteiger partial charge is 0.330 e. The lowest BCUT2D eigenvalue weighted by Gasteiger charge is -2.25. The first-order valence-electron chi connectivity index (χ1n) is 8.36. The minimum Gasteiger partial charge on any atom is -0.330 e. The molecule has 1 amide bonds. The molecule has 3 nitrogen and oxygen atoms in total. The van der Waals surface area contributed by atoms with Gasteiger partial charge < -0.3 is 10.6 Å². The van der Waals surface area contributed by atoms with Gasteiger partial charge in [-0.05, 0) is 37.4 Å². The van der Waals surface area contributed by atoms with Gasteiger partial charge in [-0.25, -0.2) is 0 Å². The van der Waals surface area contributed by atoms with E-state index in [4.69, 9.17) is 5.73 Å². The SMILES string of the molecule is NCCCN(C(=O)CCC1CCCCC1)c1ccccc1. The van der Waals surface area contributed by atoms with Crippen LogP contribution >= 0.6 is 0 Å². The van der Waals surface area contributed by atoms with Crippen molar-refractivity contribution in [2.45, 2.75) is 51.4 Å². The van der Waals surface area contributed by atoms with E-state index >= 15 is 0 Å². The first-order chi connectivity index (χ1) is 10.3. The summed E-state index contributed by atoms with van der Waals surface area (Å²) in [4.78, 5) is 14.5. The Hall–Kier alpha value is -1.35. The van der Waals surface area contributed by atoms with Crippen molar-refractivity contribution in [2.75, 3.05) is 18.0 Å². The van der Waals surface area contributed by atoms with Crippen molar-refractivity contribution in [1.29, 1.82) is 0 Å². The molecule has 0 aromatic heterocycles. The predicted octanol–water partition coefficient (Wildman–Crippen LogP) is 3.73. The molecule has 1 aromatic carbocycles. The van der Waals surface area contributed by atoms with Crippen molar-refractivity contribution in [3.63, 3.8) is 0 Å². The standard InChI is InChI=1S/C18H28N2O/c19-14-7-15-20(17-10-5-2-6-11-17)18(21)13-12-16-8-3-1-4-9-16/h2,5-6,10-11,16H,1,3-4,7-9,12-15,19H2. The number of nitrogens with two attached hydrogens (primary N) is 1. The molecule has 0 unspecified atom stereocenters. The molecule has 0 atom stereocenters. The van der Waals surface area contributed by atoms with E-state index in [1.165, 1.54) is 32.1 Å². The van der Waals surface area contributed by atoms with E-state index in [9.17, 15) is 4.79 Å². The van der Waals surface area contributed by atoms with Crippen LogP contribution in [0.4, 0.5) is 5.69 Å². The Balaban J connectivity index is 1.90. The van der Waals surface area contributed by atoms with Gasteiger partial charge in [0.15, 0.2) is 0 Å². The number of anilines is 1. The Bertz CT molecular complexity index is 412. The Morgan fingerprint density at radius 3 is 2.52 bits per heavy atom. The topological polar surface area (TPSA) is 46.3 Å². The lowest BCUT2D eigenvalue weighted by Crippen LogP contribution is -2.33. The highest BCUT2D eigenvalue weighted by atomic mass is 16.2. The highest BCUT2D eigenvalue weighted by Gasteiger charge is 2.19. The fourth-order valence-corrected chi connectivity index (χ4v) is 3.19. The van der Waals surface area contributed by atoms with Gasteiger partial charge in [-0.2, -0.15) is 0 Å². The zero-order valence-corrected chi connectivity index (χ0v) is 13.0. The number of rotatable bonds is 7. The van der Waals surface area contributed by atoms with Gasteiger partial charge >= 0.3 is 0 Å². The highest BCUT2D eigenvalue weighted by Crippen LogP contribution is 2.28. The average molecular weight is 288 g/mol. The zero-order valence-electron chi connectivity index (χ0n) is 13.0. The quantitative estimate of drug-likeness (QED) is 0.831. The third-order valence-corrected chi connectivity index (χ3v) is 4.45. The summed E-state index contributed by atoms with van der Waals surface area (Å²) in [5.74, 6) is 1.01. The zero-order chi connectivity index (χ0) is 14.9. The van der Waals surface area contributed by atoms with E-state index in [2.05, 4.69) is 0 Å². The Kier molecular flexibility index (Phi) is 6.74. The summed E-state index contributed by atoms with van der Waals surface area (Å²) in [6.45, 7) is 1.35. The number of hydrogen-bond donors (Lipinski definition) is 1. The molecule has 0 radical (unpaired) electrons. The molecule has 2 N–H and O–H groups in total. The number of amides is 1. The van der Waals surface area contributed by atoms with E-state index < -0.39 is 0 Å². The number of para-hydroxylation sites is 1. The third kappa shape index (κ3) is 5.16. The Morgan fingerprint density at radius 1 is 1.14 bits per heavy atom. The molecule has 21 heavy (non-hydrogen) atoms. The summed E-state index contributed by atoms with van der Waals surface area (Å²) >= 11 is 0. The lowest BCUT2D eigenvalue weighted by atomic mass is 9.86. The van der Waals surface area contributed by atoms with Crippen LogP contribution in [0, 0.1) is 5.92 Å². The molecular formula is C18H28N2O. The van der Waals surface area contributed by atoms with Crippen LogP contribution in [0.25, 0.3) is 0 Å². The molecule has 0 spiro atoms. The van der Waals surface area contributed by atoms with E-state index in [1.807, 2.05) is 35.2 Å². The summed E-state index contributed by atoms with van der Waals surface area (Å²) in [5, 5.41) is 0. The molecule has 1 aromatic rings. The maximum atomic E-state index is 12.6. The Labute approximate surface area is 128 Å². The van der Waals surface area contributed by atoms with Crippen LogP contribution in [-0.2, 0) is 4.79 Å². The van der Waals surface area contributed by atoms with Gasteiger partial charge in [-0.1, -0.05) is 50.3 Å². The average Bonchev–Trinajstić information content (AvgIpc) is 2.55. The smallest absolute Gasteiger partial charge is 0.226 e. The van der Waals surface area contributed by atoms with Crippen LogP contribution in [0.15, 0.2) is 30.3 Å². The van der Waals surface area contributed by atoms with Crippen LogP contribution in [0.1, 0.15) is 51.4 Å². The van der Waals surface area contributed by atoms with Crippen molar-refractivity contribution in [2.24, 2.45) is 11.7 Å². The molecule has 0 bridgehead atoms. The molecule has 0 heterocycles. The maximum Gasteiger partial charge on any atom is 0.226 e. The maximum absolute atomic E-state index is 12.6. The Morgan fingerprint density at radius 2 is 1.86 bits per heavy atom. The van der Waals surface area contributed by atoms with Gasteiger partial charge in [0, 0.05) is 18.7 Å². The van der Waals surface area contributed by atoms with Crippen LogP contribution in [0.2, 0.25) is 0 Å². The highest BCUT2D eigenvalue weighted by molar-refractivity contribution is 5.93. The third-order valence-electron chi connectivity index (χ3n) is 4.45. The van der Waals surface area contributed by atoms with Crippen molar-refractivity contribution in [3.8, 4) is 0 Å². The fourth-order valence-electron chi connectivity index (χ4n) is 3.19. The number of carbonyl (C=O) groups is 1. The van der Waals surface area contributed by atoms with E-state index in [-0.39, 0.29) is 5.91 Å². The molecule has 1 fully saturated rings. The summed E-state index contributed by atoms with van der Waals surface area (Å²) in [6.07, 6.45) is 9.24. The van der Waals surface area contributed by atoms with E-state index in [1.54, 1.807) is 0 Å². The predicted molar refractivity (Wildman–Crippen MR) is 88.3 cm³/mol. The number of benzene rings is 1. The van der Waals surface area contributed by atoms with Gasteiger partial charge in [0.25, 0.3) is 0 Å². The molecule has 0 aliphatic heterocycles. The second kappa shape index (κ2) is 8.83. The minimum atomic E-state index is 0.250. The fraction of sp³-hybridized carbons (Fsp3) is 0.611. The number of nitrogens with zero attached hydrogens (tertiary/aromatic N) is 1. The van der Waals surface area contributed by atoms with Crippen molar-refractivity contribution in [1.82, 2.24) is 0 Å². The van der Waals surface area contributed by atoms with Crippen LogP contribution in [0.3, 0.4) is 0 Å². The molecule has 0 saturated heterocycles. The van der Waals surface area contributed by atoms with Gasteiger partial charge in [-0.3, -0.25) is 4.79 Å². The molecule has 1 aliphatic rings. The molecule has 1 aliphatic carbocycles. The number of hydrogen-bond acceptors (Lipinski definition) is 2. The number of carbonyl (C=O) groups excluding carboxylic acids is 1. The molecule has 1 saturated carbocycles. The van der Waals surface area contributed by atoms with Crippen molar-refractivity contribution >= 4 is 11.6 Å². The molecule has 2 rings (SSSR count). The molecule has 3 heteroatoms. The second-order valence-corrected chi connectivity index (χ2v) is 6.07. The monoisotopic (exact) mass is 288 g/mol. The van der Waals surface area contributed by atoms with Gasteiger partial charge in [0.05, 0.1) is 0 Å². The normalized spacial score (nSPS) is 15.9. The van der Waals surface area contributed by atoms with Crippen molar-refractivity contribution in [3.05, 3.63) is 30.3 Å².